The third kappa shape index (κ3) is 3.06. The fraction of sp³-hybridized carbons (Fsp3) is 0.600. The summed E-state index contributed by atoms with van der Waals surface area (Å²) in [5.74, 6) is 0.674. The number of benzene rings is 1. The Morgan fingerprint density at radius 1 is 1.35 bits per heavy atom. The molecule has 1 aliphatic rings. The van der Waals surface area contributed by atoms with Crippen molar-refractivity contribution < 1.29 is 4.39 Å². The molecule has 2 heteroatoms. The van der Waals surface area contributed by atoms with E-state index in [1.165, 1.54) is 18.4 Å². The van der Waals surface area contributed by atoms with Crippen LogP contribution in [-0.2, 0) is 12.8 Å². The van der Waals surface area contributed by atoms with Crippen molar-refractivity contribution >= 4 is 0 Å². The van der Waals surface area contributed by atoms with E-state index < -0.39 is 0 Å². The fourth-order valence-electron chi connectivity index (χ4n) is 2.67. The number of nitrogens with one attached hydrogen (secondary N) is 1. The summed E-state index contributed by atoms with van der Waals surface area (Å²) in [6.45, 7) is 6.30. The average Bonchev–Trinajstić information content (AvgIpc) is 2.34. The van der Waals surface area contributed by atoms with Gasteiger partial charge in [-0.2, -0.15) is 0 Å². The molecule has 1 fully saturated rings. The van der Waals surface area contributed by atoms with Gasteiger partial charge in [-0.05, 0) is 74.4 Å². The van der Waals surface area contributed by atoms with Crippen molar-refractivity contribution in [3.63, 3.8) is 0 Å². The van der Waals surface area contributed by atoms with Crippen LogP contribution in [0.1, 0.15) is 36.5 Å². The first-order valence-corrected chi connectivity index (χ1v) is 6.69. The molecule has 1 aliphatic heterocycles. The van der Waals surface area contributed by atoms with E-state index in [0.29, 0.717) is 0 Å². The summed E-state index contributed by atoms with van der Waals surface area (Å²) in [6, 6.07) is 3.77. The number of rotatable bonds is 3. The minimum Gasteiger partial charge on any atom is -0.316 e. The SMILES string of the molecule is CCc1cc(CC2CCCNC2)c(C)cc1F. The van der Waals surface area contributed by atoms with E-state index in [-0.39, 0.29) is 5.82 Å². The highest BCUT2D eigenvalue weighted by atomic mass is 19.1. The number of piperidine rings is 1. The normalized spacial score (nSPS) is 20.5. The van der Waals surface area contributed by atoms with Crippen molar-refractivity contribution in [2.45, 2.75) is 39.5 Å². The van der Waals surface area contributed by atoms with Crippen LogP contribution < -0.4 is 5.32 Å². The standard InChI is InChI=1S/C15H22FN/c1-3-13-9-14(11(2)7-15(13)16)8-12-5-4-6-17-10-12/h7,9,12,17H,3-6,8,10H2,1-2H3. The highest BCUT2D eigenvalue weighted by Crippen LogP contribution is 2.22. The molecule has 0 amide bonds. The zero-order chi connectivity index (χ0) is 12.3. The molecular formula is C15H22FN. The lowest BCUT2D eigenvalue weighted by Crippen LogP contribution is -2.31. The Kier molecular flexibility index (Phi) is 4.16. The molecule has 94 valence electrons. The summed E-state index contributed by atoms with van der Waals surface area (Å²) in [7, 11) is 0. The van der Waals surface area contributed by atoms with Crippen molar-refractivity contribution in [2.24, 2.45) is 5.92 Å². The van der Waals surface area contributed by atoms with E-state index >= 15 is 0 Å². The minimum absolute atomic E-state index is 0.0458. The van der Waals surface area contributed by atoms with Crippen molar-refractivity contribution in [1.29, 1.82) is 0 Å². The molecule has 1 heterocycles. The van der Waals surface area contributed by atoms with Gasteiger partial charge in [0.25, 0.3) is 0 Å². The zero-order valence-corrected chi connectivity index (χ0v) is 10.9. The summed E-state index contributed by atoms with van der Waals surface area (Å²) in [5, 5.41) is 3.44. The van der Waals surface area contributed by atoms with Crippen molar-refractivity contribution in [1.82, 2.24) is 5.32 Å². The van der Waals surface area contributed by atoms with E-state index in [2.05, 4.69) is 11.4 Å². The molecule has 1 atom stereocenters. The molecule has 0 saturated carbocycles. The molecule has 0 spiro atoms. The van der Waals surface area contributed by atoms with E-state index in [9.17, 15) is 4.39 Å². The van der Waals surface area contributed by atoms with Gasteiger partial charge in [0.15, 0.2) is 0 Å². The van der Waals surface area contributed by atoms with Gasteiger partial charge in [0.1, 0.15) is 5.82 Å². The fourth-order valence-corrected chi connectivity index (χ4v) is 2.67. The third-order valence-electron chi connectivity index (χ3n) is 3.79. The quantitative estimate of drug-likeness (QED) is 0.848. The highest BCUT2D eigenvalue weighted by molar-refractivity contribution is 5.33. The number of aryl methyl sites for hydroxylation is 2. The monoisotopic (exact) mass is 235 g/mol. The Morgan fingerprint density at radius 3 is 2.82 bits per heavy atom. The number of hydrogen-bond acceptors (Lipinski definition) is 1. The maximum absolute atomic E-state index is 13.6. The second-order valence-electron chi connectivity index (χ2n) is 5.14. The van der Waals surface area contributed by atoms with E-state index in [1.54, 1.807) is 6.07 Å². The predicted molar refractivity (Wildman–Crippen MR) is 69.8 cm³/mol. The summed E-state index contributed by atoms with van der Waals surface area (Å²) in [4.78, 5) is 0. The maximum Gasteiger partial charge on any atom is 0.126 e. The van der Waals surface area contributed by atoms with Crippen LogP contribution >= 0.6 is 0 Å². The second kappa shape index (κ2) is 5.63. The van der Waals surface area contributed by atoms with E-state index in [1.807, 2.05) is 13.8 Å². The van der Waals surface area contributed by atoms with Crippen LogP contribution in [-0.4, -0.2) is 13.1 Å². The van der Waals surface area contributed by atoms with Gasteiger partial charge in [0.2, 0.25) is 0 Å². The first-order chi connectivity index (χ1) is 8.20. The number of hydrogen-bond donors (Lipinski definition) is 1. The molecular weight excluding hydrogens is 213 g/mol. The van der Waals surface area contributed by atoms with Gasteiger partial charge in [-0.3, -0.25) is 0 Å². The molecule has 0 bridgehead atoms. The van der Waals surface area contributed by atoms with Gasteiger partial charge in [0.05, 0.1) is 0 Å². The van der Waals surface area contributed by atoms with Crippen LogP contribution in [0.25, 0.3) is 0 Å². The highest BCUT2D eigenvalue weighted by Gasteiger charge is 2.15. The number of halogens is 1. The molecule has 0 radical (unpaired) electrons. The smallest absolute Gasteiger partial charge is 0.126 e. The lowest BCUT2D eigenvalue weighted by Gasteiger charge is -2.23. The van der Waals surface area contributed by atoms with Crippen LogP contribution in [0, 0.1) is 18.7 Å². The maximum atomic E-state index is 13.6. The van der Waals surface area contributed by atoms with E-state index in [0.717, 1.165) is 43.0 Å². The van der Waals surface area contributed by atoms with Gasteiger partial charge in [-0.25, -0.2) is 4.39 Å². The van der Waals surface area contributed by atoms with Crippen molar-refractivity contribution in [3.8, 4) is 0 Å². The minimum atomic E-state index is -0.0458. The lowest BCUT2D eigenvalue weighted by molar-refractivity contribution is 0.375. The van der Waals surface area contributed by atoms with Crippen LogP contribution in [0.5, 0.6) is 0 Å². The van der Waals surface area contributed by atoms with Crippen molar-refractivity contribution in [3.05, 3.63) is 34.6 Å². The molecule has 1 unspecified atom stereocenters. The average molecular weight is 235 g/mol. The topological polar surface area (TPSA) is 12.0 Å². The summed E-state index contributed by atoms with van der Waals surface area (Å²) < 4.78 is 13.6. The predicted octanol–water partition coefficient (Wildman–Crippen LogP) is 3.24. The van der Waals surface area contributed by atoms with Crippen molar-refractivity contribution in [2.75, 3.05) is 13.1 Å². The van der Waals surface area contributed by atoms with Crippen LogP contribution in [0.4, 0.5) is 4.39 Å². The second-order valence-corrected chi connectivity index (χ2v) is 5.14. The molecule has 1 saturated heterocycles. The molecule has 1 aromatic rings. The first kappa shape index (κ1) is 12.6. The molecule has 0 aromatic heterocycles. The first-order valence-electron chi connectivity index (χ1n) is 6.69. The van der Waals surface area contributed by atoms with Gasteiger partial charge >= 0.3 is 0 Å². The molecule has 1 N–H and O–H groups in total. The van der Waals surface area contributed by atoms with Crippen LogP contribution in [0.3, 0.4) is 0 Å². The Morgan fingerprint density at radius 2 is 2.18 bits per heavy atom. The summed E-state index contributed by atoms with van der Waals surface area (Å²) >= 11 is 0. The molecule has 17 heavy (non-hydrogen) atoms. The molecule has 1 nitrogen and oxygen atoms in total. The molecule has 0 aliphatic carbocycles. The molecule has 1 aromatic carbocycles. The van der Waals surface area contributed by atoms with Gasteiger partial charge in [0, 0.05) is 0 Å². The van der Waals surface area contributed by atoms with Crippen LogP contribution in [0.15, 0.2) is 12.1 Å². The third-order valence-corrected chi connectivity index (χ3v) is 3.79. The lowest BCUT2D eigenvalue weighted by atomic mass is 9.89. The van der Waals surface area contributed by atoms with E-state index in [4.69, 9.17) is 0 Å². The summed E-state index contributed by atoms with van der Waals surface area (Å²) in [6.07, 6.45) is 4.44. The molecule has 2 rings (SSSR count). The van der Waals surface area contributed by atoms with Gasteiger partial charge in [-0.1, -0.05) is 13.0 Å². The van der Waals surface area contributed by atoms with Gasteiger partial charge in [-0.15, -0.1) is 0 Å². The largest absolute Gasteiger partial charge is 0.316 e. The Hall–Kier alpha value is -0.890. The van der Waals surface area contributed by atoms with Gasteiger partial charge < -0.3 is 5.32 Å². The zero-order valence-electron chi connectivity index (χ0n) is 10.9. The Labute approximate surface area is 103 Å². The van der Waals surface area contributed by atoms with Crippen LogP contribution in [0.2, 0.25) is 0 Å². The Bertz CT molecular complexity index is 381. The Balaban J connectivity index is 2.13. The summed E-state index contributed by atoms with van der Waals surface area (Å²) in [5.41, 5.74) is 3.29.